The average molecular weight is 254 g/mol. The van der Waals surface area contributed by atoms with Crippen LogP contribution in [0.3, 0.4) is 0 Å². The van der Waals surface area contributed by atoms with Crippen LogP contribution in [0.4, 0.5) is 5.69 Å². The van der Waals surface area contributed by atoms with E-state index in [1.807, 2.05) is 0 Å². The fourth-order valence-electron chi connectivity index (χ4n) is 1.66. The molecular weight excluding hydrogens is 242 g/mol. The number of hydrogen-bond acceptors (Lipinski definition) is 3. The van der Waals surface area contributed by atoms with Gasteiger partial charge in [-0.2, -0.15) is 0 Å². The number of benzene rings is 1. The predicted octanol–water partition coefficient (Wildman–Crippen LogP) is 1.85. The maximum Gasteiger partial charge on any atom is 0.264 e. The van der Waals surface area contributed by atoms with E-state index in [9.17, 15) is 9.59 Å². The third-order valence-electron chi connectivity index (χ3n) is 2.69. The van der Waals surface area contributed by atoms with Gasteiger partial charge in [0.25, 0.3) is 5.91 Å². The van der Waals surface area contributed by atoms with E-state index < -0.39 is 5.38 Å². The summed E-state index contributed by atoms with van der Waals surface area (Å²) in [6, 6.07) is 4.97. The summed E-state index contributed by atoms with van der Waals surface area (Å²) in [4.78, 5) is 24.7. The summed E-state index contributed by atoms with van der Waals surface area (Å²) in [5.74, 6) is 0.299. The average Bonchev–Trinajstić information content (AvgIpc) is 2.32. The molecule has 0 aliphatic carbocycles. The Hall–Kier alpha value is -1.55. The van der Waals surface area contributed by atoms with Crippen LogP contribution in [-0.4, -0.2) is 30.7 Å². The lowest BCUT2D eigenvalue weighted by Crippen LogP contribution is -2.35. The fraction of sp³-hybridized carbons (Fsp3) is 0.333. The normalized spacial score (nSPS) is 16.2. The van der Waals surface area contributed by atoms with Gasteiger partial charge in [-0.05, 0) is 25.1 Å². The molecule has 1 unspecified atom stereocenters. The van der Waals surface area contributed by atoms with Gasteiger partial charge in [-0.25, -0.2) is 0 Å². The highest BCUT2D eigenvalue weighted by Gasteiger charge is 2.24. The van der Waals surface area contributed by atoms with Crippen molar-refractivity contribution in [3.05, 3.63) is 23.8 Å². The monoisotopic (exact) mass is 253 g/mol. The van der Waals surface area contributed by atoms with Gasteiger partial charge in [-0.3, -0.25) is 9.59 Å². The maximum absolute atomic E-state index is 11.7. The van der Waals surface area contributed by atoms with Crippen molar-refractivity contribution < 1.29 is 14.3 Å². The molecule has 1 aromatic carbocycles. The largest absolute Gasteiger partial charge is 0.482 e. The Morgan fingerprint density at radius 1 is 1.53 bits per heavy atom. The third-order valence-corrected chi connectivity index (χ3v) is 2.89. The molecule has 1 heterocycles. The van der Waals surface area contributed by atoms with Crippen molar-refractivity contribution in [2.75, 3.05) is 18.6 Å². The zero-order valence-electron chi connectivity index (χ0n) is 9.57. The SMILES string of the molecule is CC(Cl)C(=O)c1ccc2c(c1)N(C)C(=O)CO2. The van der Waals surface area contributed by atoms with E-state index >= 15 is 0 Å². The van der Waals surface area contributed by atoms with E-state index in [1.54, 1.807) is 32.2 Å². The number of Topliss-reactive ketones (excluding diaryl/α,β-unsaturated/α-hetero) is 1. The molecule has 0 saturated heterocycles. The summed E-state index contributed by atoms with van der Waals surface area (Å²) >= 11 is 5.75. The molecule has 1 aliphatic rings. The van der Waals surface area contributed by atoms with E-state index in [4.69, 9.17) is 16.3 Å². The summed E-state index contributed by atoms with van der Waals surface area (Å²) < 4.78 is 5.27. The number of ketones is 1. The number of fused-ring (bicyclic) bond motifs is 1. The van der Waals surface area contributed by atoms with Crippen LogP contribution >= 0.6 is 11.6 Å². The van der Waals surface area contributed by atoms with Crippen LogP contribution < -0.4 is 9.64 Å². The Morgan fingerprint density at radius 2 is 2.24 bits per heavy atom. The lowest BCUT2D eigenvalue weighted by Gasteiger charge is -2.26. The van der Waals surface area contributed by atoms with E-state index in [1.165, 1.54) is 4.90 Å². The van der Waals surface area contributed by atoms with Crippen molar-refractivity contribution in [1.82, 2.24) is 0 Å². The molecule has 1 aromatic rings. The number of nitrogens with zero attached hydrogens (tertiary/aromatic N) is 1. The third kappa shape index (κ3) is 2.13. The van der Waals surface area contributed by atoms with Crippen molar-refractivity contribution in [3.8, 4) is 5.75 Å². The lowest BCUT2D eigenvalue weighted by atomic mass is 10.1. The second kappa shape index (κ2) is 4.37. The van der Waals surface area contributed by atoms with Gasteiger partial charge in [-0.15, -0.1) is 11.6 Å². The summed E-state index contributed by atoms with van der Waals surface area (Å²) in [7, 11) is 1.65. The van der Waals surface area contributed by atoms with Crippen LogP contribution in [0.15, 0.2) is 18.2 Å². The lowest BCUT2D eigenvalue weighted by molar-refractivity contribution is -0.120. The molecule has 0 radical (unpaired) electrons. The van der Waals surface area contributed by atoms with Crippen molar-refractivity contribution in [2.24, 2.45) is 0 Å². The molecule has 0 saturated carbocycles. The summed E-state index contributed by atoms with van der Waals surface area (Å²) in [6.45, 7) is 1.65. The van der Waals surface area contributed by atoms with Crippen LogP contribution in [0.25, 0.3) is 0 Å². The molecule has 0 bridgehead atoms. The molecule has 5 heteroatoms. The maximum atomic E-state index is 11.7. The molecule has 1 aliphatic heterocycles. The Balaban J connectivity index is 2.42. The molecule has 4 nitrogen and oxygen atoms in total. The van der Waals surface area contributed by atoms with Crippen LogP contribution in [0, 0.1) is 0 Å². The number of halogens is 1. The standard InChI is InChI=1S/C12H12ClNO3/c1-7(13)12(16)8-3-4-10-9(5-8)14(2)11(15)6-17-10/h3-5,7H,6H2,1-2H3. The van der Waals surface area contributed by atoms with Gasteiger partial charge in [-0.1, -0.05) is 0 Å². The molecule has 0 aromatic heterocycles. The highest BCUT2D eigenvalue weighted by atomic mass is 35.5. The summed E-state index contributed by atoms with van der Waals surface area (Å²) in [5, 5.41) is -0.585. The molecule has 17 heavy (non-hydrogen) atoms. The highest BCUT2D eigenvalue weighted by molar-refractivity contribution is 6.33. The van der Waals surface area contributed by atoms with Crippen LogP contribution in [0.2, 0.25) is 0 Å². The van der Waals surface area contributed by atoms with Crippen molar-refractivity contribution in [1.29, 1.82) is 0 Å². The van der Waals surface area contributed by atoms with E-state index in [-0.39, 0.29) is 18.3 Å². The molecular formula is C12H12ClNO3. The van der Waals surface area contributed by atoms with Gasteiger partial charge in [0.05, 0.1) is 11.1 Å². The Labute approximate surface area is 104 Å². The van der Waals surface area contributed by atoms with Gasteiger partial charge in [0.15, 0.2) is 12.4 Å². The predicted molar refractivity (Wildman–Crippen MR) is 65.0 cm³/mol. The number of anilines is 1. The quantitative estimate of drug-likeness (QED) is 0.597. The topological polar surface area (TPSA) is 46.6 Å². The minimum atomic E-state index is -0.585. The molecule has 1 amide bonds. The first-order valence-electron chi connectivity index (χ1n) is 5.22. The molecule has 0 spiro atoms. The first-order valence-corrected chi connectivity index (χ1v) is 5.66. The number of likely N-dealkylation sites (N-methyl/N-ethyl adjacent to an activating group) is 1. The number of alkyl halides is 1. The number of hydrogen-bond donors (Lipinski definition) is 0. The molecule has 90 valence electrons. The van der Waals surface area contributed by atoms with Crippen molar-refractivity contribution >= 4 is 29.0 Å². The molecule has 0 fully saturated rings. The Kier molecular flexibility index (Phi) is 3.07. The van der Waals surface area contributed by atoms with Gasteiger partial charge in [0.2, 0.25) is 0 Å². The minimum Gasteiger partial charge on any atom is -0.482 e. The van der Waals surface area contributed by atoms with Gasteiger partial charge in [0, 0.05) is 12.6 Å². The Morgan fingerprint density at radius 3 is 2.88 bits per heavy atom. The van der Waals surface area contributed by atoms with E-state index in [0.29, 0.717) is 17.0 Å². The second-order valence-electron chi connectivity index (χ2n) is 3.90. The van der Waals surface area contributed by atoms with E-state index in [0.717, 1.165) is 0 Å². The van der Waals surface area contributed by atoms with Gasteiger partial charge < -0.3 is 9.64 Å². The van der Waals surface area contributed by atoms with Crippen molar-refractivity contribution in [2.45, 2.75) is 12.3 Å². The zero-order chi connectivity index (χ0) is 12.6. The van der Waals surface area contributed by atoms with Crippen LogP contribution in [-0.2, 0) is 4.79 Å². The van der Waals surface area contributed by atoms with Crippen molar-refractivity contribution in [3.63, 3.8) is 0 Å². The number of carbonyl (C=O) groups excluding carboxylic acids is 2. The second-order valence-corrected chi connectivity index (χ2v) is 4.56. The number of rotatable bonds is 2. The highest BCUT2D eigenvalue weighted by Crippen LogP contribution is 2.32. The van der Waals surface area contributed by atoms with E-state index in [2.05, 4.69) is 0 Å². The van der Waals surface area contributed by atoms with Gasteiger partial charge in [0.1, 0.15) is 5.75 Å². The van der Waals surface area contributed by atoms with Crippen LogP contribution in [0.1, 0.15) is 17.3 Å². The number of ether oxygens (including phenoxy) is 1. The molecule has 2 rings (SSSR count). The Bertz CT molecular complexity index is 485. The zero-order valence-corrected chi connectivity index (χ0v) is 10.3. The smallest absolute Gasteiger partial charge is 0.264 e. The first kappa shape index (κ1) is 11.9. The summed E-state index contributed by atoms with van der Waals surface area (Å²) in [6.07, 6.45) is 0. The minimum absolute atomic E-state index is 0.0305. The number of amides is 1. The fourth-order valence-corrected chi connectivity index (χ4v) is 1.78. The van der Waals surface area contributed by atoms with Gasteiger partial charge >= 0.3 is 0 Å². The molecule has 1 atom stereocenters. The summed E-state index contributed by atoms with van der Waals surface area (Å²) in [5.41, 5.74) is 1.08. The first-order chi connectivity index (χ1) is 8.00. The number of carbonyl (C=O) groups is 2. The molecule has 0 N–H and O–H groups in total. The van der Waals surface area contributed by atoms with Crippen LogP contribution in [0.5, 0.6) is 5.75 Å².